The highest BCUT2D eigenvalue weighted by molar-refractivity contribution is 5.17. The van der Waals surface area contributed by atoms with Crippen LogP contribution in [0.25, 0.3) is 0 Å². The highest BCUT2D eigenvalue weighted by Gasteiger charge is 2.08. The zero-order chi connectivity index (χ0) is 11.4. The van der Waals surface area contributed by atoms with Crippen LogP contribution in [0.3, 0.4) is 0 Å². The van der Waals surface area contributed by atoms with Crippen molar-refractivity contribution in [3.8, 4) is 0 Å². The Bertz CT molecular complexity index is 508. The number of hydrogen-bond donors (Lipinski definition) is 1. The van der Waals surface area contributed by atoms with Gasteiger partial charge in [-0.2, -0.15) is 0 Å². The fourth-order valence-electron chi connectivity index (χ4n) is 1.49. The predicted molar refractivity (Wildman–Crippen MR) is 59.9 cm³/mol. The normalized spacial score (nSPS) is 12.3. The van der Waals surface area contributed by atoms with Gasteiger partial charge in [-0.1, -0.05) is 30.3 Å². The van der Waals surface area contributed by atoms with Crippen molar-refractivity contribution in [3.05, 3.63) is 64.8 Å². The summed E-state index contributed by atoms with van der Waals surface area (Å²) < 4.78 is 1.39. The molecule has 1 heterocycles. The monoisotopic (exact) mass is 216 g/mol. The van der Waals surface area contributed by atoms with Gasteiger partial charge in [0.1, 0.15) is 0 Å². The Kier molecular flexibility index (Phi) is 3.12. The molecule has 0 aliphatic rings. The van der Waals surface area contributed by atoms with E-state index in [-0.39, 0.29) is 12.2 Å². The van der Waals surface area contributed by atoms with Crippen LogP contribution in [0, 0.1) is 0 Å². The molecule has 1 atom stereocenters. The number of aliphatic hydroxyl groups is 1. The molecule has 0 aliphatic carbocycles. The van der Waals surface area contributed by atoms with Crippen LogP contribution in [0.5, 0.6) is 0 Å². The van der Waals surface area contributed by atoms with E-state index in [0.717, 1.165) is 5.56 Å². The Morgan fingerprint density at radius 2 is 2.00 bits per heavy atom. The van der Waals surface area contributed by atoms with Crippen molar-refractivity contribution in [3.63, 3.8) is 0 Å². The lowest BCUT2D eigenvalue weighted by molar-refractivity contribution is 0.154. The highest BCUT2D eigenvalue weighted by Crippen LogP contribution is 2.12. The zero-order valence-electron chi connectivity index (χ0n) is 8.65. The fourth-order valence-corrected chi connectivity index (χ4v) is 1.49. The lowest BCUT2D eigenvalue weighted by Gasteiger charge is -2.11. The topological polar surface area (TPSA) is 55.1 Å². The third-order valence-electron chi connectivity index (χ3n) is 2.34. The van der Waals surface area contributed by atoms with Gasteiger partial charge in [0.2, 0.25) is 0 Å². The minimum atomic E-state index is -0.692. The molecule has 1 aromatic carbocycles. The first-order valence-electron chi connectivity index (χ1n) is 5.02. The number of benzene rings is 1. The Labute approximate surface area is 92.8 Å². The van der Waals surface area contributed by atoms with Crippen molar-refractivity contribution < 1.29 is 5.11 Å². The number of nitrogens with zero attached hydrogens (tertiary/aromatic N) is 2. The van der Waals surface area contributed by atoms with Gasteiger partial charge in [0.05, 0.1) is 12.6 Å². The van der Waals surface area contributed by atoms with Gasteiger partial charge in [0.15, 0.2) is 0 Å². The summed E-state index contributed by atoms with van der Waals surface area (Å²) in [5.74, 6) is 0. The molecule has 0 saturated heterocycles. The summed E-state index contributed by atoms with van der Waals surface area (Å²) in [6, 6.07) is 10.9. The first-order chi connectivity index (χ1) is 7.77. The third-order valence-corrected chi connectivity index (χ3v) is 2.34. The lowest BCUT2D eigenvalue weighted by Crippen LogP contribution is -2.24. The van der Waals surface area contributed by atoms with E-state index >= 15 is 0 Å². The summed E-state index contributed by atoms with van der Waals surface area (Å²) in [5.41, 5.74) is 0.440. The van der Waals surface area contributed by atoms with Crippen LogP contribution in [-0.4, -0.2) is 14.7 Å². The summed E-state index contributed by atoms with van der Waals surface area (Å²) in [5, 5.41) is 9.91. The van der Waals surface area contributed by atoms with Gasteiger partial charge in [0.25, 0.3) is 0 Å². The van der Waals surface area contributed by atoms with Crippen LogP contribution in [-0.2, 0) is 6.54 Å². The molecule has 2 rings (SSSR count). The van der Waals surface area contributed by atoms with E-state index < -0.39 is 6.10 Å². The van der Waals surface area contributed by atoms with Crippen LogP contribution in [0.4, 0.5) is 0 Å². The molecule has 16 heavy (non-hydrogen) atoms. The molecule has 0 bridgehead atoms. The minimum Gasteiger partial charge on any atom is -0.387 e. The molecule has 1 N–H and O–H groups in total. The summed E-state index contributed by atoms with van der Waals surface area (Å²) in [4.78, 5) is 14.9. The summed E-state index contributed by atoms with van der Waals surface area (Å²) in [6.07, 6.45) is 2.36. The predicted octanol–water partition coefficient (Wildman–Crippen LogP) is 0.977. The SMILES string of the molecule is O=c1ncccn1CC(O)c1ccccc1. The van der Waals surface area contributed by atoms with E-state index in [1.165, 1.54) is 10.8 Å². The van der Waals surface area contributed by atoms with Crippen molar-refractivity contribution in [2.24, 2.45) is 0 Å². The number of aromatic nitrogens is 2. The maximum absolute atomic E-state index is 11.3. The Morgan fingerprint density at radius 3 is 2.69 bits per heavy atom. The Morgan fingerprint density at radius 1 is 1.25 bits per heavy atom. The van der Waals surface area contributed by atoms with Crippen LogP contribution < -0.4 is 5.69 Å². The molecule has 0 fully saturated rings. The summed E-state index contributed by atoms with van der Waals surface area (Å²) in [6.45, 7) is 0.219. The van der Waals surface area contributed by atoms with Gasteiger partial charge in [-0.3, -0.25) is 4.57 Å². The highest BCUT2D eigenvalue weighted by atomic mass is 16.3. The smallest absolute Gasteiger partial charge is 0.347 e. The molecule has 1 aromatic heterocycles. The van der Waals surface area contributed by atoms with Gasteiger partial charge < -0.3 is 5.11 Å². The van der Waals surface area contributed by atoms with E-state index in [4.69, 9.17) is 0 Å². The number of aliphatic hydroxyl groups excluding tert-OH is 1. The van der Waals surface area contributed by atoms with E-state index in [1.54, 1.807) is 12.3 Å². The van der Waals surface area contributed by atoms with Crippen LogP contribution in [0.15, 0.2) is 53.6 Å². The van der Waals surface area contributed by atoms with Crippen LogP contribution in [0.1, 0.15) is 11.7 Å². The third kappa shape index (κ3) is 2.35. The van der Waals surface area contributed by atoms with Crippen molar-refractivity contribution in [2.75, 3.05) is 0 Å². The fraction of sp³-hybridized carbons (Fsp3) is 0.167. The Hall–Kier alpha value is -1.94. The second-order valence-electron chi connectivity index (χ2n) is 3.48. The molecular weight excluding hydrogens is 204 g/mol. The van der Waals surface area contributed by atoms with E-state index in [0.29, 0.717) is 0 Å². The molecule has 4 nitrogen and oxygen atoms in total. The molecular formula is C12H12N2O2. The maximum atomic E-state index is 11.3. The molecule has 0 spiro atoms. The second kappa shape index (κ2) is 4.72. The van der Waals surface area contributed by atoms with Crippen molar-refractivity contribution >= 4 is 0 Å². The van der Waals surface area contributed by atoms with E-state index in [1.807, 2.05) is 30.3 Å². The van der Waals surface area contributed by atoms with Gasteiger partial charge in [-0.15, -0.1) is 0 Å². The van der Waals surface area contributed by atoms with Gasteiger partial charge in [0, 0.05) is 12.4 Å². The standard InChI is InChI=1S/C12H12N2O2/c15-11(10-5-2-1-3-6-10)9-14-8-4-7-13-12(14)16/h1-8,11,15H,9H2. The molecule has 0 amide bonds. The molecule has 0 radical (unpaired) electrons. The van der Waals surface area contributed by atoms with Crippen LogP contribution in [0.2, 0.25) is 0 Å². The number of rotatable bonds is 3. The van der Waals surface area contributed by atoms with E-state index in [2.05, 4.69) is 4.98 Å². The maximum Gasteiger partial charge on any atom is 0.347 e. The Balaban J connectivity index is 2.17. The number of hydrogen-bond acceptors (Lipinski definition) is 3. The first kappa shape index (κ1) is 10.6. The average Bonchev–Trinajstić information content (AvgIpc) is 2.33. The zero-order valence-corrected chi connectivity index (χ0v) is 8.65. The largest absolute Gasteiger partial charge is 0.387 e. The van der Waals surface area contributed by atoms with E-state index in [9.17, 15) is 9.90 Å². The quantitative estimate of drug-likeness (QED) is 0.832. The lowest BCUT2D eigenvalue weighted by atomic mass is 10.1. The molecule has 0 aliphatic heterocycles. The minimum absolute atomic E-state index is 0.219. The first-order valence-corrected chi connectivity index (χ1v) is 5.02. The molecule has 82 valence electrons. The van der Waals surface area contributed by atoms with Gasteiger partial charge in [-0.05, 0) is 11.6 Å². The average molecular weight is 216 g/mol. The van der Waals surface area contributed by atoms with Crippen LogP contribution >= 0.6 is 0 Å². The summed E-state index contributed by atoms with van der Waals surface area (Å²) in [7, 11) is 0. The van der Waals surface area contributed by atoms with Crippen molar-refractivity contribution in [1.82, 2.24) is 9.55 Å². The molecule has 4 heteroatoms. The molecule has 0 saturated carbocycles. The van der Waals surface area contributed by atoms with Gasteiger partial charge in [-0.25, -0.2) is 9.78 Å². The van der Waals surface area contributed by atoms with Gasteiger partial charge >= 0.3 is 5.69 Å². The van der Waals surface area contributed by atoms with Crippen molar-refractivity contribution in [1.29, 1.82) is 0 Å². The molecule has 1 unspecified atom stereocenters. The van der Waals surface area contributed by atoms with Crippen molar-refractivity contribution in [2.45, 2.75) is 12.6 Å². The summed E-state index contributed by atoms with van der Waals surface area (Å²) >= 11 is 0. The molecule has 2 aromatic rings. The second-order valence-corrected chi connectivity index (χ2v) is 3.48.